The minimum absolute atomic E-state index is 0.0623. The number of benzene rings is 1. The summed E-state index contributed by atoms with van der Waals surface area (Å²) < 4.78 is 0. The summed E-state index contributed by atoms with van der Waals surface area (Å²) in [6, 6.07) is 8.19. The lowest BCUT2D eigenvalue weighted by Crippen LogP contribution is -2.44. The van der Waals surface area contributed by atoms with Gasteiger partial charge < -0.3 is 25.2 Å². The van der Waals surface area contributed by atoms with Gasteiger partial charge in [0.1, 0.15) is 11.3 Å². The van der Waals surface area contributed by atoms with Crippen molar-refractivity contribution in [1.82, 2.24) is 19.9 Å². The van der Waals surface area contributed by atoms with Crippen LogP contribution >= 0.6 is 11.6 Å². The van der Waals surface area contributed by atoms with Gasteiger partial charge in [0.2, 0.25) is 0 Å². The third kappa shape index (κ3) is 3.61. The van der Waals surface area contributed by atoms with E-state index in [2.05, 4.69) is 62.5 Å². The molecule has 34 heavy (non-hydrogen) atoms. The van der Waals surface area contributed by atoms with Crippen LogP contribution in [0.25, 0.3) is 22.6 Å². The number of rotatable bonds is 5. The lowest BCUT2D eigenvalue weighted by Gasteiger charge is -2.34. The van der Waals surface area contributed by atoms with Crippen LogP contribution in [-0.2, 0) is 4.79 Å². The number of nitrogens with zero attached hydrogens (tertiary/aromatic N) is 4. The average molecular weight is 479 g/mol. The number of allylic oxidation sites excluding steroid dienone is 1. The Labute approximate surface area is 202 Å². The molecular weight excluding hydrogens is 452 g/mol. The highest BCUT2D eigenvalue weighted by Crippen LogP contribution is 2.46. The molecule has 3 heterocycles. The number of hydrogen-bond acceptors (Lipinski definition) is 6. The van der Waals surface area contributed by atoms with Gasteiger partial charge in [-0.2, -0.15) is 0 Å². The Hall–Kier alpha value is -3.10. The topological polar surface area (TPSA) is 97.4 Å². The zero-order valence-corrected chi connectivity index (χ0v) is 19.7. The van der Waals surface area contributed by atoms with Gasteiger partial charge in [-0.3, -0.25) is 4.79 Å². The number of likely N-dealkylation sites (N-methyl/N-ethyl adjacent to an activating group) is 1. The molecule has 0 spiro atoms. The van der Waals surface area contributed by atoms with Crippen molar-refractivity contribution in [3.05, 3.63) is 47.6 Å². The molecule has 1 aliphatic heterocycles. The van der Waals surface area contributed by atoms with E-state index < -0.39 is 11.9 Å². The molecule has 0 unspecified atom stereocenters. The normalized spacial score (nSPS) is 26.5. The van der Waals surface area contributed by atoms with Gasteiger partial charge in [0.05, 0.1) is 22.8 Å². The Bertz CT molecular complexity index is 1260. The average Bonchev–Trinajstić information content (AvgIpc) is 3.56. The number of anilines is 2. The lowest BCUT2D eigenvalue weighted by atomic mass is 9.89. The highest BCUT2D eigenvalue weighted by Gasteiger charge is 2.48. The van der Waals surface area contributed by atoms with Crippen LogP contribution in [0.4, 0.5) is 11.4 Å². The van der Waals surface area contributed by atoms with Crippen molar-refractivity contribution in [1.29, 1.82) is 0 Å². The Morgan fingerprint density at radius 2 is 1.88 bits per heavy atom. The molecule has 1 aromatic carbocycles. The van der Waals surface area contributed by atoms with Gasteiger partial charge >= 0.3 is 5.97 Å². The zero-order valence-electron chi connectivity index (χ0n) is 18.9. The molecule has 1 saturated carbocycles. The SMILES string of the molecule is CN1CCN(c2ccc(-c3nc4ncc(Cl)c(N[C@@H]5[C@H](C(=O)O)[C@H]6C=C[C@@H]5C6)c4[nH]3)cc2)CC1. The van der Waals surface area contributed by atoms with E-state index in [0.29, 0.717) is 27.7 Å². The molecule has 176 valence electrons. The fourth-order valence-electron chi connectivity index (χ4n) is 5.63. The molecule has 2 fully saturated rings. The number of imidazole rings is 1. The highest BCUT2D eigenvalue weighted by atomic mass is 35.5. The second kappa shape index (κ2) is 8.29. The van der Waals surface area contributed by atoms with Gasteiger partial charge in [-0.1, -0.05) is 23.8 Å². The van der Waals surface area contributed by atoms with Gasteiger partial charge in [0.25, 0.3) is 0 Å². The molecule has 3 aliphatic rings. The van der Waals surface area contributed by atoms with Crippen molar-refractivity contribution in [2.24, 2.45) is 17.8 Å². The van der Waals surface area contributed by atoms with Crippen LogP contribution in [0.1, 0.15) is 6.42 Å². The van der Waals surface area contributed by atoms with Crippen LogP contribution in [0.5, 0.6) is 0 Å². The fraction of sp³-hybridized carbons (Fsp3) is 0.400. The van der Waals surface area contributed by atoms with E-state index in [-0.39, 0.29) is 17.9 Å². The predicted molar refractivity (Wildman–Crippen MR) is 133 cm³/mol. The molecule has 0 amide bonds. The Morgan fingerprint density at radius 3 is 2.62 bits per heavy atom. The van der Waals surface area contributed by atoms with Crippen molar-refractivity contribution in [3.63, 3.8) is 0 Å². The number of nitrogens with one attached hydrogen (secondary N) is 2. The zero-order chi connectivity index (χ0) is 23.4. The van der Waals surface area contributed by atoms with E-state index in [1.165, 1.54) is 5.69 Å². The molecule has 2 aliphatic carbocycles. The van der Waals surface area contributed by atoms with Gasteiger partial charge in [-0.15, -0.1) is 0 Å². The third-order valence-corrected chi connectivity index (χ3v) is 7.82. The third-order valence-electron chi connectivity index (χ3n) is 7.54. The second-order valence-corrected chi connectivity index (χ2v) is 9.99. The number of piperazine rings is 1. The molecule has 3 N–H and O–H groups in total. The number of aromatic nitrogens is 3. The standard InChI is InChI=1S/C25H27ClN6O2/c1-31-8-10-32(11-9-31)17-6-4-14(5-7-17)23-29-22-21(18(26)13-27-24(22)30-23)28-20-16-3-2-15(12-16)19(20)25(33)34/h2-7,13,15-16,19-20H,8-12H2,1H3,(H,33,34)(H2,27,28,29,30)/t15-,16+,19+,20-/m0/s1. The van der Waals surface area contributed by atoms with E-state index in [1.54, 1.807) is 6.20 Å². The number of aliphatic carboxylic acids is 1. The van der Waals surface area contributed by atoms with Crippen LogP contribution in [-0.4, -0.2) is 70.2 Å². The maximum absolute atomic E-state index is 11.9. The van der Waals surface area contributed by atoms with Gasteiger partial charge in [-0.25, -0.2) is 9.97 Å². The molecule has 0 radical (unpaired) electrons. The highest BCUT2D eigenvalue weighted by molar-refractivity contribution is 6.34. The molecule has 6 rings (SSSR count). The van der Waals surface area contributed by atoms with Crippen LogP contribution < -0.4 is 10.2 Å². The van der Waals surface area contributed by atoms with Crippen LogP contribution in [0.3, 0.4) is 0 Å². The molecule has 8 nitrogen and oxygen atoms in total. The summed E-state index contributed by atoms with van der Waals surface area (Å²) in [4.78, 5) is 29.2. The molecule has 3 aromatic rings. The first-order chi connectivity index (χ1) is 16.5. The maximum atomic E-state index is 11.9. The molecule has 2 aromatic heterocycles. The number of hydrogen-bond donors (Lipinski definition) is 3. The Kier molecular flexibility index (Phi) is 5.22. The van der Waals surface area contributed by atoms with E-state index in [0.717, 1.165) is 38.2 Å². The molecule has 2 bridgehead atoms. The van der Waals surface area contributed by atoms with Gasteiger partial charge in [-0.05, 0) is 49.6 Å². The summed E-state index contributed by atoms with van der Waals surface area (Å²) in [6.07, 6.45) is 6.58. The van der Waals surface area contributed by atoms with E-state index in [9.17, 15) is 9.90 Å². The minimum Gasteiger partial charge on any atom is -0.481 e. The van der Waals surface area contributed by atoms with Crippen molar-refractivity contribution < 1.29 is 9.90 Å². The number of aromatic amines is 1. The monoisotopic (exact) mass is 478 g/mol. The number of carboxylic acid groups (broad SMARTS) is 1. The molecule has 9 heteroatoms. The summed E-state index contributed by atoms with van der Waals surface area (Å²) in [7, 11) is 2.15. The second-order valence-electron chi connectivity index (χ2n) is 9.58. The number of fused-ring (bicyclic) bond motifs is 3. The minimum atomic E-state index is -0.776. The summed E-state index contributed by atoms with van der Waals surface area (Å²) in [6.45, 7) is 4.17. The van der Waals surface area contributed by atoms with E-state index in [4.69, 9.17) is 16.6 Å². The van der Waals surface area contributed by atoms with E-state index >= 15 is 0 Å². The van der Waals surface area contributed by atoms with Crippen molar-refractivity contribution >= 4 is 40.1 Å². The van der Waals surface area contributed by atoms with Crippen molar-refractivity contribution in [2.45, 2.75) is 12.5 Å². The van der Waals surface area contributed by atoms with Crippen LogP contribution in [0, 0.1) is 17.8 Å². The smallest absolute Gasteiger partial charge is 0.309 e. The Morgan fingerprint density at radius 1 is 1.15 bits per heavy atom. The summed E-state index contributed by atoms with van der Waals surface area (Å²) >= 11 is 6.54. The summed E-state index contributed by atoms with van der Waals surface area (Å²) in [5, 5.41) is 13.7. The van der Waals surface area contributed by atoms with Crippen LogP contribution in [0.15, 0.2) is 42.6 Å². The van der Waals surface area contributed by atoms with Crippen molar-refractivity contribution in [2.75, 3.05) is 43.4 Å². The van der Waals surface area contributed by atoms with Crippen molar-refractivity contribution in [3.8, 4) is 11.4 Å². The van der Waals surface area contributed by atoms with Gasteiger partial charge in [0, 0.05) is 43.5 Å². The quantitative estimate of drug-likeness (QED) is 0.481. The maximum Gasteiger partial charge on any atom is 0.309 e. The van der Waals surface area contributed by atoms with E-state index in [1.807, 2.05) is 6.08 Å². The first-order valence-corrected chi connectivity index (χ1v) is 12.1. The number of carboxylic acids is 1. The lowest BCUT2D eigenvalue weighted by molar-refractivity contribution is -0.142. The molecular formula is C25H27ClN6O2. The summed E-state index contributed by atoms with van der Waals surface area (Å²) in [5.41, 5.74) is 4.08. The molecule has 4 atom stereocenters. The molecule has 1 saturated heterocycles. The first-order valence-electron chi connectivity index (χ1n) is 11.7. The number of halogens is 1. The van der Waals surface area contributed by atoms with Crippen LogP contribution in [0.2, 0.25) is 5.02 Å². The first kappa shape index (κ1) is 21.4. The predicted octanol–water partition coefficient (Wildman–Crippen LogP) is 3.72. The van der Waals surface area contributed by atoms with Gasteiger partial charge in [0.15, 0.2) is 5.65 Å². The number of pyridine rings is 1. The Balaban J connectivity index is 1.29. The number of carbonyl (C=O) groups is 1. The summed E-state index contributed by atoms with van der Waals surface area (Å²) in [5.74, 6) is -0.303. The largest absolute Gasteiger partial charge is 0.481 e. The fourth-order valence-corrected chi connectivity index (χ4v) is 5.83. The number of H-pyrrole nitrogens is 1.